The SMILES string of the molecule is COc1c(Nc2cc(NC(=O)C3CC3)ncc2C(N)=O)cccc1-c1noc(OC(=O)N2CCNCC2)n1. The fraction of sp³-hybridized carbons (Fsp3) is 0.333. The number of primary amides is 1. The lowest BCUT2D eigenvalue weighted by atomic mass is 10.1. The second kappa shape index (κ2) is 10.7. The van der Waals surface area contributed by atoms with Crippen LogP contribution in [0.15, 0.2) is 35.0 Å². The summed E-state index contributed by atoms with van der Waals surface area (Å²) in [6.07, 6.45) is 2.09. The fourth-order valence-corrected chi connectivity index (χ4v) is 3.92. The number of carbonyl (C=O) groups is 3. The van der Waals surface area contributed by atoms with Crippen LogP contribution < -0.4 is 31.2 Å². The molecule has 14 heteroatoms. The zero-order valence-corrected chi connectivity index (χ0v) is 20.5. The molecule has 3 amide bonds. The number of anilines is 3. The minimum absolute atomic E-state index is 0.0169. The molecule has 0 unspecified atom stereocenters. The van der Waals surface area contributed by atoms with Crippen molar-refractivity contribution >= 4 is 35.1 Å². The van der Waals surface area contributed by atoms with Crippen LogP contribution in [0.4, 0.5) is 22.0 Å². The number of amides is 3. The molecular formula is C24H26N8O6. The number of benzene rings is 1. The smallest absolute Gasteiger partial charge is 0.426 e. The highest BCUT2D eigenvalue weighted by molar-refractivity contribution is 6.01. The van der Waals surface area contributed by atoms with Crippen LogP contribution in [-0.2, 0) is 4.79 Å². The van der Waals surface area contributed by atoms with E-state index in [4.69, 9.17) is 19.7 Å². The number of hydrogen-bond acceptors (Lipinski definition) is 11. The molecule has 2 fully saturated rings. The van der Waals surface area contributed by atoms with E-state index in [0.29, 0.717) is 48.9 Å². The molecule has 198 valence electrons. The molecule has 14 nitrogen and oxygen atoms in total. The molecule has 0 atom stereocenters. The molecule has 0 spiro atoms. The van der Waals surface area contributed by atoms with Crippen molar-refractivity contribution in [2.24, 2.45) is 11.7 Å². The molecule has 1 aliphatic carbocycles. The van der Waals surface area contributed by atoms with Gasteiger partial charge in [0.2, 0.25) is 11.7 Å². The lowest BCUT2D eigenvalue weighted by molar-refractivity contribution is -0.117. The average Bonchev–Trinajstić information content (AvgIpc) is 3.68. The van der Waals surface area contributed by atoms with E-state index in [1.807, 2.05) is 0 Å². The molecule has 3 heterocycles. The molecule has 1 aromatic carbocycles. The van der Waals surface area contributed by atoms with Gasteiger partial charge in [0.05, 0.1) is 29.6 Å². The highest BCUT2D eigenvalue weighted by Gasteiger charge is 2.30. The van der Waals surface area contributed by atoms with Crippen LogP contribution in [0.2, 0.25) is 0 Å². The monoisotopic (exact) mass is 522 g/mol. The van der Waals surface area contributed by atoms with Crippen LogP contribution in [0.1, 0.15) is 23.2 Å². The van der Waals surface area contributed by atoms with E-state index in [0.717, 1.165) is 12.8 Å². The Morgan fingerprint density at radius 2 is 1.97 bits per heavy atom. The van der Waals surface area contributed by atoms with Gasteiger partial charge < -0.3 is 36.1 Å². The molecule has 38 heavy (non-hydrogen) atoms. The highest BCUT2D eigenvalue weighted by Crippen LogP contribution is 2.38. The third-order valence-electron chi connectivity index (χ3n) is 6.06. The van der Waals surface area contributed by atoms with Gasteiger partial charge in [0, 0.05) is 44.4 Å². The van der Waals surface area contributed by atoms with Crippen molar-refractivity contribution in [2.75, 3.05) is 43.9 Å². The number of nitrogens with two attached hydrogens (primary N) is 1. The minimum atomic E-state index is -0.704. The number of nitrogens with zero attached hydrogens (tertiary/aromatic N) is 4. The van der Waals surface area contributed by atoms with Gasteiger partial charge in [-0.25, -0.2) is 9.78 Å². The number of carbonyl (C=O) groups excluding carboxylic acids is 3. The summed E-state index contributed by atoms with van der Waals surface area (Å²) < 4.78 is 16.0. The van der Waals surface area contributed by atoms with E-state index in [2.05, 4.69) is 31.1 Å². The van der Waals surface area contributed by atoms with Crippen LogP contribution in [0.25, 0.3) is 11.4 Å². The summed E-state index contributed by atoms with van der Waals surface area (Å²) in [6, 6.07) is 6.64. The van der Waals surface area contributed by atoms with Gasteiger partial charge in [-0.15, -0.1) is 0 Å². The molecule has 2 aromatic heterocycles. The van der Waals surface area contributed by atoms with E-state index >= 15 is 0 Å². The Morgan fingerprint density at radius 1 is 1.18 bits per heavy atom. The van der Waals surface area contributed by atoms with Crippen molar-refractivity contribution in [3.8, 4) is 23.2 Å². The molecule has 0 bridgehead atoms. The van der Waals surface area contributed by atoms with E-state index in [9.17, 15) is 14.4 Å². The van der Waals surface area contributed by atoms with Gasteiger partial charge >= 0.3 is 12.2 Å². The first kappa shape index (κ1) is 25.0. The Kier molecular flexibility index (Phi) is 7.04. The Bertz CT molecular complexity index is 1370. The summed E-state index contributed by atoms with van der Waals surface area (Å²) in [4.78, 5) is 46.5. The number of aromatic nitrogens is 3. The number of methoxy groups -OCH3 is 1. The quantitative estimate of drug-likeness (QED) is 0.337. The lowest BCUT2D eigenvalue weighted by Crippen LogP contribution is -2.47. The van der Waals surface area contributed by atoms with Gasteiger partial charge in [-0.2, -0.15) is 4.98 Å². The highest BCUT2D eigenvalue weighted by atomic mass is 16.7. The number of nitrogens with one attached hydrogen (secondary N) is 3. The predicted molar refractivity (Wildman–Crippen MR) is 134 cm³/mol. The van der Waals surface area contributed by atoms with Crippen molar-refractivity contribution in [1.29, 1.82) is 0 Å². The first-order valence-electron chi connectivity index (χ1n) is 12.0. The van der Waals surface area contributed by atoms with Gasteiger partial charge in [-0.3, -0.25) is 14.1 Å². The zero-order valence-electron chi connectivity index (χ0n) is 20.5. The normalized spacial score (nSPS) is 15.0. The van der Waals surface area contributed by atoms with Gasteiger partial charge in [-0.1, -0.05) is 11.2 Å². The van der Waals surface area contributed by atoms with E-state index in [1.54, 1.807) is 18.2 Å². The Morgan fingerprint density at radius 3 is 2.68 bits per heavy atom. The van der Waals surface area contributed by atoms with Gasteiger partial charge in [0.1, 0.15) is 5.82 Å². The second-order valence-electron chi connectivity index (χ2n) is 8.74. The average molecular weight is 523 g/mol. The number of hydrogen-bond donors (Lipinski definition) is 4. The fourth-order valence-electron chi connectivity index (χ4n) is 3.92. The summed E-state index contributed by atoms with van der Waals surface area (Å²) in [5.74, 6) is -0.125. The molecule has 3 aromatic rings. The topological polar surface area (TPSA) is 187 Å². The third-order valence-corrected chi connectivity index (χ3v) is 6.06. The molecular weight excluding hydrogens is 496 g/mol. The van der Waals surface area contributed by atoms with Crippen LogP contribution in [0.3, 0.4) is 0 Å². The van der Waals surface area contributed by atoms with Gasteiger partial charge in [0.15, 0.2) is 5.75 Å². The maximum atomic E-state index is 12.4. The Hall–Kier alpha value is -4.72. The van der Waals surface area contributed by atoms with Crippen molar-refractivity contribution in [3.05, 3.63) is 36.0 Å². The first-order chi connectivity index (χ1) is 18.4. The van der Waals surface area contributed by atoms with Crippen LogP contribution >= 0.6 is 0 Å². The molecule has 5 N–H and O–H groups in total. The number of piperazine rings is 1. The maximum Gasteiger partial charge on any atom is 0.426 e. The van der Waals surface area contributed by atoms with Crippen LogP contribution in [0, 0.1) is 5.92 Å². The van der Waals surface area contributed by atoms with Crippen molar-refractivity contribution in [1.82, 2.24) is 25.3 Å². The van der Waals surface area contributed by atoms with Gasteiger partial charge in [0.25, 0.3) is 5.91 Å². The number of ether oxygens (including phenoxy) is 2. The number of pyridine rings is 1. The van der Waals surface area contributed by atoms with Crippen molar-refractivity contribution in [3.63, 3.8) is 0 Å². The van der Waals surface area contributed by atoms with Crippen molar-refractivity contribution < 1.29 is 28.4 Å². The minimum Gasteiger partial charge on any atom is -0.494 e. The maximum absolute atomic E-state index is 12.4. The van der Waals surface area contributed by atoms with E-state index < -0.39 is 12.0 Å². The zero-order chi connectivity index (χ0) is 26.6. The third kappa shape index (κ3) is 5.49. The lowest BCUT2D eigenvalue weighted by Gasteiger charge is -2.25. The summed E-state index contributed by atoms with van der Waals surface area (Å²) in [7, 11) is 1.46. The van der Waals surface area contributed by atoms with Crippen LogP contribution in [-0.4, -0.2) is 71.2 Å². The molecule has 0 radical (unpaired) electrons. The van der Waals surface area contributed by atoms with E-state index in [1.165, 1.54) is 24.3 Å². The summed E-state index contributed by atoms with van der Waals surface area (Å²) in [5.41, 5.74) is 6.85. The predicted octanol–water partition coefficient (Wildman–Crippen LogP) is 1.74. The molecule has 1 aliphatic heterocycles. The van der Waals surface area contributed by atoms with Gasteiger partial charge in [-0.05, 0) is 25.0 Å². The number of rotatable bonds is 8. The summed E-state index contributed by atoms with van der Waals surface area (Å²) >= 11 is 0. The standard InChI is InChI=1S/C24H26N8O6/c1-36-19-14(21-30-23(38-31-21)37-24(35)32-9-7-26-8-10-32)3-2-4-16(19)28-17-11-18(27-12-15(17)20(25)33)29-22(34)13-5-6-13/h2-4,11-13,26H,5-10H2,1H3,(H2,25,33)(H2,27,28,29,34). The largest absolute Gasteiger partial charge is 0.494 e. The Balaban J connectivity index is 1.39. The van der Waals surface area contributed by atoms with Crippen molar-refractivity contribution in [2.45, 2.75) is 12.8 Å². The molecule has 1 saturated heterocycles. The van der Waals surface area contributed by atoms with Crippen LogP contribution in [0.5, 0.6) is 11.8 Å². The van der Waals surface area contributed by atoms with E-state index in [-0.39, 0.29) is 35.1 Å². The molecule has 2 aliphatic rings. The first-order valence-corrected chi connectivity index (χ1v) is 12.0. The molecule has 1 saturated carbocycles. The molecule has 5 rings (SSSR count). The second-order valence-corrected chi connectivity index (χ2v) is 8.74. The summed E-state index contributed by atoms with van der Waals surface area (Å²) in [5, 5.41) is 12.9. The summed E-state index contributed by atoms with van der Waals surface area (Å²) in [6.45, 7) is 2.36. The number of para-hydroxylation sites is 1. The Labute approximate surface area is 216 Å².